The first-order chi connectivity index (χ1) is 8.95. The van der Waals surface area contributed by atoms with Crippen molar-refractivity contribution in [1.29, 1.82) is 0 Å². The van der Waals surface area contributed by atoms with Crippen molar-refractivity contribution in [3.05, 3.63) is 22.7 Å². The zero-order valence-corrected chi connectivity index (χ0v) is 14.0. The van der Waals surface area contributed by atoms with Gasteiger partial charge in [-0.2, -0.15) is 0 Å². The third-order valence-corrected chi connectivity index (χ3v) is 4.51. The standard InChI is InChI=1S/C13H18BrClO3S/c1-2-3-4-5-6-9-18-12-8-7-11(14)10-13(12)19(15,16)17/h7-8,10H,2-6,9H2,1H3. The highest BCUT2D eigenvalue weighted by atomic mass is 79.9. The summed E-state index contributed by atoms with van der Waals surface area (Å²) >= 11 is 3.22. The van der Waals surface area contributed by atoms with Gasteiger partial charge in [-0.15, -0.1) is 0 Å². The van der Waals surface area contributed by atoms with E-state index in [2.05, 4.69) is 22.9 Å². The molecule has 0 saturated heterocycles. The Morgan fingerprint density at radius 2 is 1.89 bits per heavy atom. The van der Waals surface area contributed by atoms with Gasteiger partial charge in [-0.25, -0.2) is 8.42 Å². The second-order valence-electron chi connectivity index (χ2n) is 4.29. The highest BCUT2D eigenvalue weighted by Crippen LogP contribution is 2.30. The smallest absolute Gasteiger partial charge is 0.265 e. The zero-order chi connectivity index (χ0) is 14.3. The van der Waals surface area contributed by atoms with Gasteiger partial charge in [-0.05, 0) is 24.6 Å². The maximum atomic E-state index is 11.4. The number of hydrogen-bond acceptors (Lipinski definition) is 3. The number of unbranched alkanes of at least 4 members (excludes halogenated alkanes) is 4. The third kappa shape index (κ3) is 6.15. The van der Waals surface area contributed by atoms with Crippen LogP contribution in [-0.2, 0) is 9.05 Å². The van der Waals surface area contributed by atoms with Gasteiger partial charge in [0.25, 0.3) is 9.05 Å². The Morgan fingerprint density at radius 1 is 1.21 bits per heavy atom. The normalized spacial score (nSPS) is 11.5. The first kappa shape index (κ1) is 16.8. The average molecular weight is 370 g/mol. The van der Waals surface area contributed by atoms with E-state index in [0.717, 1.165) is 12.8 Å². The molecule has 19 heavy (non-hydrogen) atoms. The molecule has 0 spiro atoms. The first-order valence-electron chi connectivity index (χ1n) is 6.32. The summed E-state index contributed by atoms with van der Waals surface area (Å²) in [5, 5.41) is 0. The van der Waals surface area contributed by atoms with Gasteiger partial charge in [-0.1, -0.05) is 48.5 Å². The van der Waals surface area contributed by atoms with Crippen molar-refractivity contribution in [3.63, 3.8) is 0 Å². The van der Waals surface area contributed by atoms with Gasteiger partial charge in [0, 0.05) is 15.2 Å². The number of rotatable bonds is 8. The first-order valence-corrected chi connectivity index (χ1v) is 9.42. The molecule has 0 aromatic heterocycles. The summed E-state index contributed by atoms with van der Waals surface area (Å²) in [6.07, 6.45) is 5.60. The van der Waals surface area contributed by atoms with E-state index in [0.29, 0.717) is 16.8 Å². The zero-order valence-electron chi connectivity index (χ0n) is 10.9. The molecule has 0 saturated carbocycles. The molecule has 0 bridgehead atoms. The summed E-state index contributed by atoms with van der Waals surface area (Å²) in [5.74, 6) is 0.314. The van der Waals surface area contributed by atoms with E-state index < -0.39 is 9.05 Å². The highest BCUT2D eigenvalue weighted by molar-refractivity contribution is 9.10. The monoisotopic (exact) mass is 368 g/mol. The Morgan fingerprint density at radius 3 is 2.53 bits per heavy atom. The van der Waals surface area contributed by atoms with Crippen molar-refractivity contribution in [3.8, 4) is 5.75 Å². The summed E-state index contributed by atoms with van der Waals surface area (Å²) in [5.41, 5.74) is 0. The minimum absolute atomic E-state index is 0.0112. The van der Waals surface area contributed by atoms with Crippen LogP contribution >= 0.6 is 26.6 Å². The summed E-state index contributed by atoms with van der Waals surface area (Å²) in [4.78, 5) is 0.0112. The van der Waals surface area contributed by atoms with Crippen LogP contribution in [0.25, 0.3) is 0 Å². The fourth-order valence-electron chi connectivity index (χ4n) is 1.68. The number of benzene rings is 1. The van der Waals surface area contributed by atoms with Gasteiger partial charge in [0.1, 0.15) is 10.6 Å². The van der Waals surface area contributed by atoms with E-state index in [1.807, 2.05) is 0 Å². The van der Waals surface area contributed by atoms with Crippen LogP contribution in [0.2, 0.25) is 0 Å². The molecule has 0 amide bonds. The summed E-state index contributed by atoms with van der Waals surface area (Å²) < 4.78 is 29.1. The number of hydrogen-bond donors (Lipinski definition) is 0. The van der Waals surface area contributed by atoms with Crippen LogP contribution in [0.15, 0.2) is 27.6 Å². The minimum atomic E-state index is -3.79. The van der Waals surface area contributed by atoms with Crippen molar-refractivity contribution in [2.24, 2.45) is 0 Å². The lowest BCUT2D eigenvalue weighted by molar-refractivity contribution is 0.297. The predicted octanol–water partition coefficient (Wildman–Crippen LogP) is 4.73. The molecule has 6 heteroatoms. The van der Waals surface area contributed by atoms with Crippen molar-refractivity contribution in [2.75, 3.05) is 6.61 Å². The van der Waals surface area contributed by atoms with Crippen LogP contribution in [-0.4, -0.2) is 15.0 Å². The van der Waals surface area contributed by atoms with Crippen molar-refractivity contribution in [1.82, 2.24) is 0 Å². The molecule has 0 heterocycles. The van der Waals surface area contributed by atoms with E-state index in [1.165, 1.54) is 25.3 Å². The van der Waals surface area contributed by atoms with Crippen LogP contribution in [0.4, 0.5) is 0 Å². The Balaban J connectivity index is 2.59. The fourth-order valence-corrected chi connectivity index (χ4v) is 3.19. The molecule has 3 nitrogen and oxygen atoms in total. The SMILES string of the molecule is CCCCCCCOc1ccc(Br)cc1S(=O)(=O)Cl. The molecule has 0 atom stereocenters. The Labute approximate surface area is 127 Å². The molecule has 1 rings (SSSR count). The molecule has 1 aromatic carbocycles. The van der Waals surface area contributed by atoms with Crippen LogP contribution in [0.1, 0.15) is 39.0 Å². The Kier molecular flexibility index (Phi) is 7.18. The molecule has 0 radical (unpaired) electrons. The van der Waals surface area contributed by atoms with E-state index >= 15 is 0 Å². The Bertz CT molecular complexity index is 503. The predicted molar refractivity (Wildman–Crippen MR) is 81.4 cm³/mol. The largest absolute Gasteiger partial charge is 0.492 e. The summed E-state index contributed by atoms with van der Waals surface area (Å²) in [6, 6.07) is 4.80. The van der Waals surface area contributed by atoms with Gasteiger partial charge in [0.05, 0.1) is 6.61 Å². The Hall–Kier alpha value is -0.260. The molecular formula is C13H18BrClO3S. The lowest BCUT2D eigenvalue weighted by Gasteiger charge is -2.10. The molecule has 0 N–H and O–H groups in total. The molecule has 0 unspecified atom stereocenters. The van der Waals surface area contributed by atoms with E-state index in [-0.39, 0.29) is 4.90 Å². The molecule has 0 aliphatic carbocycles. The van der Waals surface area contributed by atoms with Crippen LogP contribution < -0.4 is 4.74 Å². The second-order valence-corrected chi connectivity index (χ2v) is 7.74. The van der Waals surface area contributed by atoms with Gasteiger partial charge < -0.3 is 4.74 Å². The number of halogens is 2. The molecule has 108 valence electrons. The average Bonchev–Trinajstić information content (AvgIpc) is 2.34. The fraction of sp³-hybridized carbons (Fsp3) is 0.538. The molecule has 1 aromatic rings. The van der Waals surface area contributed by atoms with Crippen molar-refractivity contribution in [2.45, 2.75) is 43.9 Å². The van der Waals surface area contributed by atoms with Crippen LogP contribution in [0, 0.1) is 0 Å². The van der Waals surface area contributed by atoms with Gasteiger partial charge in [0.15, 0.2) is 0 Å². The van der Waals surface area contributed by atoms with Crippen molar-refractivity contribution < 1.29 is 13.2 Å². The van der Waals surface area contributed by atoms with Crippen molar-refractivity contribution >= 4 is 35.7 Å². The topological polar surface area (TPSA) is 43.4 Å². The van der Waals surface area contributed by atoms with E-state index in [4.69, 9.17) is 15.4 Å². The van der Waals surface area contributed by atoms with Crippen LogP contribution in [0.5, 0.6) is 5.75 Å². The summed E-state index contributed by atoms with van der Waals surface area (Å²) in [6.45, 7) is 2.67. The minimum Gasteiger partial charge on any atom is -0.492 e. The second kappa shape index (κ2) is 8.12. The lowest BCUT2D eigenvalue weighted by atomic mass is 10.2. The molecule has 0 fully saturated rings. The van der Waals surface area contributed by atoms with Gasteiger partial charge in [-0.3, -0.25) is 0 Å². The third-order valence-electron chi connectivity index (χ3n) is 2.67. The van der Waals surface area contributed by atoms with Gasteiger partial charge >= 0.3 is 0 Å². The molecule has 0 aliphatic rings. The van der Waals surface area contributed by atoms with Crippen LogP contribution in [0.3, 0.4) is 0 Å². The maximum Gasteiger partial charge on any atom is 0.265 e. The van der Waals surface area contributed by atoms with E-state index in [1.54, 1.807) is 12.1 Å². The summed E-state index contributed by atoms with van der Waals surface area (Å²) in [7, 11) is 1.60. The molecule has 0 aliphatic heterocycles. The maximum absolute atomic E-state index is 11.4. The quantitative estimate of drug-likeness (QED) is 0.491. The van der Waals surface area contributed by atoms with E-state index in [9.17, 15) is 8.42 Å². The molecular weight excluding hydrogens is 352 g/mol. The van der Waals surface area contributed by atoms with Gasteiger partial charge in [0.2, 0.25) is 0 Å². The highest BCUT2D eigenvalue weighted by Gasteiger charge is 2.17. The lowest BCUT2D eigenvalue weighted by Crippen LogP contribution is -2.02. The number of ether oxygens (including phenoxy) is 1.